The molecule has 0 heterocycles. The van der Waals surface area contributed by atoms with Crippen LogP contribution in [0.25, 0.3) is 0 Å². The van der Waals surface area contributed by atoms with Crippen molar-refractivity contribution in [1.29, 1.82) is 5.26 Å². The van der Waals surface area contributed by atoms with Crippen LogP contribution in [0, 0.1) is 11.3 Å². The first-order valence-corrected chi connectivity index (χ1v) is 6.17. The zero-order chi connectivity index (χ0) is 13.2. The van der Waals surface area contributed by atoms with Gasteiger partial charge in [0.25, 0.3) is 0 Å². The van der Waals surface area contributed by atoms with Crippen molar-refractivity contribution in [3.05, 3.63) is 65.2 Å². The Morgan fingerprint density at radius 3 is 2.58 bits per heavy atom. The molecule has 0 saturated carbocycles. The van der Waals surface area contributed by atoms with Crippen LogP contribution in [0.2, 0.25) is 0 Å². The predicted molar refractivity (Wildman–Crippen MR) is 72.7 cm³/mol. The van der Waals surface area contributed by atoms with Gasteiger partial charge in [-0.25, -0.2) is 0 Å². The van der Waals surface area contributed by atoms with Crippen molar-refractivity contribution in [2.24, 2.45) is 0 Å². The van der Waals surface area contributed by atoms with Gasteiger partial charge in [-0.15, -0.1) is 0 Å². The van der Waals surface area contributed by atoms with Crippen LogP contribution in [0.4, 0.5) is 5.69 Å². The molecule has 0 saturated heterocycles. The average Bonchev–Trinajstić information content (AvgIpc) is 2.41. The minimum Gasteiger partial charge on any atom is -0.326 e. The summed E-state index contributed by atoms with van der Waals surface area (Å²) in [6, 6.07) is 17.0. The molecule has 1 unspecified atom stereocenters. The average molecular weight is 248 g/mol. The Balaban J connectivity index is 1.71. The summed E-state index contributed by atoms with van der Waals surface area (Å²) in [6.45, 7) is 0. The fourth-order valence-corrected chi connectivity index (χ4v) is 2.35. The van der Waals surface area contributed by atoms with E-state index in [-0.39, 0.29) is 11.8 Å². The number of nitrogens with one attached hydrogen (secondary N) is 1. The molecule has 0 spiro atoms. The molecule has 92 valence electrons. The SMILES string of the molecule is N#Cc1ccc(NC(=O)C2Cc3ccccc32)cc1. The summed E-state index contributed by atoms with van der Waals surface area (Å²) in [5, 5.41) is 11.6. The Morgan fingerprint density at radius 1 is 1.16 bits per heavy atom. The molecule has 3 nitrogen and oxygen atoms in total. The van der Waals surface area contributed by atoms with E-state index in [4.69, 9.17) is 5.26 Å². The van der Waals surface area contributed by atoms with Gasteiger partial charge in [-0.05, 0) is 41.8 Å². The maximum Gasteiger partial charge on any atom is 0.232 e. The number of fused-ring (bicyclic) bond motifs is 1. The van der Waals surface area contributed by atoms with Gasteiger partial charge in [-0.1, -0.05) is 24.3 Å². The molecule has 2 aromatic rings. The van der Waals surface area contributed by atoms with E-state index in [9.17, 15) is 4.79 Å². The standard InChI is InChI=1S/C16H12N2O/c17-10-11-5-7-13(8-6-11)18-16(19)15-9-12-3-1-2-4-14(12)15/h1-8,15H,9H2,(H,18,19). The highest BCUT2D eigenvalue weighted by Gasteiger charge is 2.31. The van der Waals surface area contributed by atoms with Gasteiger partial charge in [0.05, 0.1) is 17.6 Å². The normalized spacial score (nSPS) is 15.8. The third-order valence-corrected chi connectivity index (χ3v) is 3.45. The van der Waals surface area contributed by atoms with Gasteiger partial charge in [0.15, 0.2) is 0 Å². The number of rotatable bonds is 2. The quantitative estimate of drug-likeness (QED) is 0.888. The summed E-state index contributed by atoms with van der Waals surface area (Å²) in [6.07, 6.45) is 0.804. The van der Waals surface area contributed by atoms with Gasteiger partial charge in [-0.2, -0.15) is 5.26 Å². The molecule has 1 atom stereocenters. The summed E-state index contributed by atoms with van der Waals surface area (Å²) in [4.78, 5) is 12.1. The Kier molecular flexibility index (Phi) is 2.77. The van der Waals surface area contributed by atoms with E-state index in [0.717, 1.165) is 17.7 Å². The number of nitriles is 1. The van der Waals surface area contributed by atoms with E-state index in [0.29, 0.717) is 5.56 Å². The van der Waals surface area contributed by atoms with Crippen molar-refractivity contribution >= 4 is 11.6 Å². The molecule has 19 heavy (non-hydrogen) atoms. The minimum absolute atomic E-state index is 0.0170. The van der Waals surface area contributed by atoms with Gasteiger partial charge in [0.1, 0.15) is 0 Å². The van der Waals surface area contributed by atoms with E-state index in [1.165, 1.54) is 5.56 Å². The Labute approximate surface area is 111 Å². The molecule has 0 aromatic heterocycles. The van der Waals surface area contributed by atoms with Gasteiger partial charge >= 0.3 is 0 Å². The first-order valence-electron chi connectivity index (χ1n) is 6.17. The lowest BCUT2D eigenvalue weighted by Gasteiger charge is -2.28. The number of benzene rings is 2. The Morgan fingerprint density at radius 2 is 1.89 bits per heavy atom. The molecule has 0 fully saturated rings. The van der Waals surface area contributed by atoms with Crippen molar-refractivity contribution < 1.29 is 4.79 Å². The molecular formula is C16H12N2O. The first kappa shape index (κ1) is 11.5. The van der Waals surface area contributed by atoms with E-state index < -0.39 is 0 Å². The van der Waals surface area contributed by atoms with Crippen molar-refractivity contribution in [1.82, 2.24) is 0 Å². The summed E-state index contributed by atoms with van der Waals surface area (Å²) >= 11 is 0. The number of carbonyl (C=O) groups excluding carboxylic acids is 1. The molecule has 3 rings (SSSR count). The zero-order valence-corrected chi connectivity index (χ0v) is 10.3. The van der Waals surface area contributed by atoms with Crippen LogP contribution < -0.4 is 5.32 Å². The Hall–Kier alpha value is -2.60. The van der Waals surface area contributed by atoms with Crippen LogP contribution in [0.15, 0.2) is 48.5 Å². The fraction of sp³-hybridized carbons (Fsp3) is 0.125. The minimum atomic E-state index is -0.0492. The number of nitrogens with zero attached hydrogens (tertiary/aromatic N) is 1. The molecule has 3 heteroatoms. The maximum atomic E-state index is 12.1. The summed E-state index contributed by atoms with van der Waals surface area (Å²) in [5.41, 5.74) is 3.69. The molecule has 0 radical (unpaired) electrons. The zero-order valence-electron chi connectivity index (χ0n) is 10.3. The lowest BCUT2D eigenvalue weighted by molar-refractivity contribution is -0.118. The summed E-state index contributed by atoms with van der Waals surface area (Å²) in [5.74, 6) is -0.0322. The topological polar surface area (TPSA) is 52.9 Å². The van der Waals surface area contributed by atoms with Crippen LogP contribution in [-0.2, 0) is 11.2 Å². The van der Waals surface area contributed by atoms with Gasteiger partial charge < -0.3 is 5.32 Å². The predicted octanol–water partition coefficient (Wildman–Crippen LogP) is 2.84. The number of carbonyl (C=O) groups is 1. The van der Waals surface area contributed by atoms with Crippen LogP contribution in [-0.4, -0.2) is 5.91 Å². The van der Waals surface area contributed by atoms with Crippen molar-refractivity contribution in [3.63, 3.8) is 0 Å². The van der Waals surface area contributed by atoms with E-state index in [2.05, 4.69) is 17.5 Å². The number of hydrogen-bond acceptors (Lipinski definition) is 2. The highest BCUT2D eigenvalue weighted by molar-refractivity contribution is 5.97. The molecule has 1 aliphatic carbocycles. The molecule has 0 bridgehead atoms. The molecule has 1 N–H and O–H groups in total. The van der Waals surface area contributed by atoms with Crippen molar-refractivity contribution in [2.45, 2.75) is 12.3 Å². The Bertz CT molecular complexity index is 668. The van der Waals surface area contributed by atoms with E-state index in [1.807, 2.05) is 18.2 Å². The lowest BCUT2D eigenvalue weighted by atomic mass is 9.77. The monoisotopic (exact) mass is 248 g/mol. The fourth-order valence-electron chi connectivity index (χ4n) is 2.35. The van der Waals surface area contributed by atoms with Crippen LogP contribution in [0.5, 0.6) is 0 Å². The summed E-state index contributed by atoms with van der Waals surface area (Å²) in [7, 11) is 0. The number of anilines is 1. The van der Waals surface area contributed by atoms with E-state index >= 15 is 0 Å². The molecule has 1 aliphatic rings. The van der Waals surface area contributed by atoms with Crippen LogP contribution in [0.1, 0.15) is 22.6 Å². The lowest BCUT2D eigenvalue weighted by Crippen LogP contribution is -2.30. The second-order valence-electron chi connectivity index (χ2n) is 4.63. The second kappa shape index (κ2) is 4.58. The highest BCUT2D eigenvalue weighted by Crippen LogP contribution is 2.35. The van der Waals surface area contributed by atoms with Crippen molar-refractivity contribution in [3.8, 4) is 6.07 Å². The molecular weight excluding hydrogens is 236 g/mol. The number of hydrogen-bond donors (Lipinski definition) is 1. The maximum absolute atomic E-state index is 12.1. The van der Waals surface area contributed by atoms with Gasteiger partial charge in [0, 0.05) is 5.69 Å². The molecule has 0 aliphatic heterocycles. The van der Waals surface area contributed by atoms with Crippen LogP contribution in [0.3, 0.4) is 0 Å². The van der Waals surface area contributed by atoms with E-state index in [1.54, 1.807) is 24.3 Å². The molecule has 2 aromatic carbocycles. The second-order valence-corrected chi connectivity index (χ2v) is 4.63. The van der Waals surface area contributed by atoms with Crippen molar-refractivity contribution in [2.75, 3.05) is 5.32 Å². The highest BCUT2D eigenvalue weighted by atomic mass is 16.1. The summed E-state index contributed by atoms with van der Waals surface area (Å²) < 4.78 is 0. The number of amides is 1. The van der Waals surface area contributed by atoms with Gasteiger partial charge in [-0.3, -0.25) is 4.79 Å². The third kappa shape index (κ3) is 2.09. The molecule has 1 amide bonds. The van der Waals surface area contributed by atoms with Crippen LogP contribution >= 0.6 is 0 Å². The smallest absolute Gasteiger partial charge is 0.232 e. The third-order valence-electron chi connectivity index (χ3n) is 3.45. The first-order chi connectivity index (χ1) is 9.28. The largest absolute Gasteiger partial charge is 0.326 e. The van der Waals surface area contributed by atoms with Gasteiger partial charge in [0.2, 0.25) is 5.91 Å².